The molecule has 0 spiro atoms. The zero-order chi connectivity index (χ0) is 16.1. The van der Waals surface area contributed by atoms with E-state index in [0.717, 1.165) is 0 Å². The van der Waals surface area contributed by atoms with Crippen LogP contribution in [0.15, 0.2) is 18.2 Å². The van der Waals surface area contributed by atoms with Crippen molar-refractivity contribution in [3.63, 3.8) is 0 Å². The lowest BCUT2D eigenvalue weighted by atomic mass is 10.0. The number of halogens is 2. The molecule has 2 atom stereocenters. The van der Waals surface area contributed by atoms with Gasteiger partial charge < -0.3 is 14.8 Å². The molecule has 1 heterocycles. The Morgan fingerprint density at radius 1 is 1.41 bits per heavy atom. The minimum absolute atomic E-state index is 0.171. The van der Waals surface area contributed by atoms with Crippen LogP contribution in [0.2, 0.25) is 10.0 Å². The summed E-state index contributed by atoms with van der Waals surface area (Å²) in [5.41, 5.74) is 0.601. The maximum absolute atomic E-state index is 12.2. The average molecular weight is 346 g/mol. The average Bonchev–Trinajstić information content (AvgIpc) is 3.03. The maximum atomic E-state index is 12.2. The standard InChI is InChI=1S/C15H17Cl2NO4/c1-21-15(20)13(18-14(19)9-5-6-22-8-9)7-10-11(16)3-2-4-12(10)17/h2-4,9,13H,5-8H2,1H3,(H,18,19)/t9-,13-/m1/s1. The Morgan fingerprint density at radius 3 is 2.64 bits per heavy atom. The van der Waals surface area contributed by atoms with Crippen molar-refractivity contribution in [3.8, 4) is 0 Å². The minimum Gasteiger partial charge on any atom is -0.467 e. The van der Waals surface area contributed by atoms with E-state index < -0.39 is 12.0 Å². The van der Waals surface area contributed by atoms with E-state index in [1.165, 1.54) is 7.11 Å². The summed E-state index contributed by atoms with van der Waals surface area (Å²) in [4.78, 5) is 24.1. The summed E-state index contributed by atoms with van der Waals surface area (Å²) in [5, 5.41) is 3.59. The normalized spacial score (nSPS) is 18.8. The molecule has 0 saturated carbocycles. The number of ether oxygens (including phenoxy) is 2. The quantitative estimate of drug-likeness (QED) is 0.831. The van der Waals surface area contributed by atoms with Crippen molar-refractivity contribution in [3.05, 3.63) is 33.8 Å². The number of benzene rings is 1. The van der Waals surface area contributed by atoms with Crippen LogP contribution < -0.4 is 5.32 Å². The molecule has 1 aromatic rings. The molecule has 0 unspecified atom stereocenters. The highest BCUT2D eigenvalue weighted by Crippen LogP contribution is 2.26. The number of hydrogen-bond donors (Lipinski definition) is 1. The molecule has 1 aromatic carbocycles. The molecule has 22 heavy (non-hydrogen) atoms. The summed E-state index contributed by atoms with van der Waals surface area (Å²) in [5.74, 6) is -1.01. The Balaban J connectivity index is 2.12. The predicted octanol–water partition coefficient (Wildman–Crippen LogP) is 2.23. The SMILES string of the molecule is COC(=O)[C@@H](Cc1c(Cl)cccc1Cl)NC(=O)[C@@H]1CCOC1. The number of hydrogen-bond acceptors (Lipinski definition) is 4. The van der Waals surface area contributed by atoms with Gasteiger partial charge in [-0.3, -0.25) is 4.79 Å². The van der Waals surface area contributed by atoms with Gasteiger partial charge in [0.25, 0.3) is 0 Å². The third-order valence-electron chi connectivity index (χ3n) is 3.57. The van der Waals surface area contributed by atoms with Crippen LogP contribution in [0, 0.1) is 5.92 Å². The molecule has 5 nitrogen and oxygen atoms in total. The molecule has 1 saturated heterocycles. The summed E-state index contributed by atoms with van der Waals surface area (Å²) in [6.45, 7) is 0.921. The van der Waals surface area contributed by atoms with Crippen LogP contribution in [-0.2, 0) is 25.5 Å². The number of nitrogens with one attached hydrogen (secondary N) is 1. The second-order valence-corrected chi connectivity index (χ2v) is 5.86. The van der Waals surface area contributed by atoms with Crippen LogP contribution in [0.3, 0.4) is 0 Å². The summed E-state index contributed by atoms with van der Waals surface area (Å²) < 4.78 is 9.94. The summed E-state index contributed by atoms with van der Waals surface area (Å²) in [6, 6.07) is 4.25. The number of esters is 1. The van der Waals surface area contributed by atoms with Crippen molar-refractivity contribution in [1.82, 2.24) is 5.32 Å². The molecule has 120 valence electrons. The highest BCUT2D eigenvalue weighted by Gasteiger charge is 2.29. The van der Waals surface area contributed by atoms with Crippen LogP contribution in [0.4, 0.5) is 0 Å². The van der Waals surface area contributed by atoms with Gasteiger partial charge >= 0.3 is 5.97 Å². The number of amides is 1. The van der Waals surface area contributed by atoms with Gasteiger partial charge in [-0.25, -0.2) is 4.79 Å². The Hall–Kier alpha value is -1.30. The van der Waals surface area contributed by atoms with Crippen molar-refractivity contribution < 1.29 is 19.1 Å². The second kappa shape index (κ2) is 7.81. The minimum atomic E-state index is -0.838. The smallest absolute Gasteiger partial charge is 0.328 e. The molecule has 0 aromatic heterocycles. The van der Waals surface area contributed by atoms with Crippen LogP contribution >= 0.6 is 23.2 Å². The molecule has 0 aliphatic carbocycles. The highest BCUT2D eigenvalue weighted by atomic mass is 35.5. The molecule has 1 fully saturated rings. The van der Waals surface area contributed by atoms with E-state index in [9.17, 15) is 9.59 Å². The van der Waals surface area contributed by atoms with Crippen LogP contribution in [0.25, 0.3) is 0 Å². The first kappa shape index (κ1) is 17.1. The molecule has 0 radical (unpaired) electrons. The zero-order valence-corrected chi connectivity index (χ0v) is 13.6. The summed E-state index contributed by atoms with van der Waals surface area (Å²) >= 11 is 12.2. The number of methoxy groups -OCH3 is 1. The van der Waals surface area contributed by atoms with Crippen LogP contribution in [0.5, 0.6) is 0 Å². The molecule has 1 aliphatic rings. The van der Waals surface area contributed by atoms with E-state index in [1.807, 2.05) is 0 Å². The van der Waals surface area contributed by atoms with Crippen molar-refractivity contribution >= 4 is 35.1 Å². The Bertz CT molecular complexity index is 538. The van der Waals surface area contributed by atoms with Gasteiger partial charge in [0.1, 0.15) is 6.04 Å². The number of carbonyl (C=O) groups excluding carboxylic acids is 2. The second-order valence-electron chi connectivity index (χ2n) is 5.05. The predicted molar refractivity (Wildman–Crippen MR) is 83.0 cm³/mol. The van der Waals surface area contributed by atoms with E-state index >= 15 is 0 Å². The van der Waals surface area contributed by atoms with Crippen molar-refractivity contribution in [2.45, 2.75) is 18.9 Å². The lowest BCUT2D eigenvalue weighted by Crippen LogP contribution is -2.45. The van der Waals surface area contributed by atoms with Gasteiger partial charge in [0.05, 0.1) is 19.6 Å². The fourth-order valence-electron chi connectivity index (χ4n) is 2.30. The topological polar surface area (TPSA) is 64.6 Å². The van der Waals surface area contributed by atoms with Crippen LogP contribution in [0.1, 0.15) is 12.0 Å². The molecule has 1 aliphatic heterocycles. The summed E-state index contributed by atoms with van der Waals surface area (Å²) in [6.07, 6.45) is 0.817. The van der Waals surface area contributed by atoms with Crippen molar-refractivity contribution in [2.75, 3.05) is 20.3 Å². The van der Waals surface area contributed by atoms with Gasteiger partial charge in [-0.1, -0.05) is 29.3 Å². The monoisotopic (exact) mass is 345 g/mol. The zero-order valence-electron chi connectivity index (χ0n) is 12.1. The molecular formula is C15H17Cl2NO4. The lowest BCUT2D eigenvalue weighted by Gasteiger charge is -2.19. The van der Waals surface area contributed by atoms with Gasteiger partial charge in [-0.2, -0.15) is 0 Å². The molecule has 0 bridgehead atoms. The first-order chi connectivity index (χ1) is 10.5. The molecule has 1 amide bonds. The van der Waals surface area contributed by atoms with E-state index in [-0.39, 0.29) is 18.2 Å². The Morgan fingerprint density at radius 2 is 2.09 bits per heavy atom. The number of rotatable bonds is 5. The summed E-state index contributed by atoms with van der Waals surface area (Å²) in [7, 11) is 1.27. The largest absolute Gasteiger partial charge is 0.467 e. The van der Waals surface area contributed by atoms with Crippen LogP contribution in [-0.4, -0.2) is 38.2 Å². The van der Waals surface area contributed by atoms with E-state index in [2.05, 4.69) is 5.32 Å². The third-order valence-corrected chi connectivity index (χ3v) is 4.28. The molecule has 1 N–H and O–H groups in total. The fourth-order valence-corrected chi connectivity index (χ4v) is 2.85. The van der Waals surface area contributed by atoms with Crippen molar-refractivity contribution in [2.24, 2.45) is 5.92 Å². The first-order valence-electron chi connectivity index (χ1n) is 6.91. The van der Waals surface area contributed by atoms with E-state index in [0.29, 0.717) is 35.2 Å². The first-order valence-corrected chi connectivity index (χ1v) is 7.67. The van der Waals surface area contributed by atoms with E-state index in [1.54, 1.807) is 18.2 Å². The molecular weight excluding hydrogens is 329 g/mol. The fraction of sp³-hybridized carbons (Fsp3) is 0.467. The van der Waals surface area contributed by atoms with Gasteiger partial charge in [-0.15, -0.1) is 0 Å². The highest BCUT2D eigenvalue weighted by molar-refractivity contribution is 6.36. The van der Waals surface area contributed by atoms with Gasteiger partial charge in [0.2, 0.25) is 5.91 Å². The van der Waals surface area contributed by atoms with Gasteiger partial charge in [0, 0.05) is 23.1 Å². The Kier molecular flexibility index (Phi) is 6.06. The molecule has 2 rings (SSSR count). The van der Waals surface area contributed by atoms with Gasteiger partial charge in [-0.05, 0) is 24.1 Å². The van der Waals surface area contributed by atoms with Gasteiger partial charge in [0.15, 0.2) is 0 Å². The lowest BCUT2D eigenvalue weighted by molar-refractivity contribution is -0.145. The Labute approximate surface area is 138 Å². The number of carbonyl (C=O) groups is 2. The van der Waals surface area contributed by atoms with Crippen molar-refractivity contribution in [1.29, 1.82) is 0 Å². The maximum Gasteiger partial charge on any atom is 0.328 e. The molecule has 7 heteroatoms. The third kappa shape index (κ3) is 4.12. The van der Waals surface area contributed by atoms with E-state index in [4.69, 9.17) is 32.7 Å².